The molecule has 0 saturated heterocycles. The largest absolute Gasteiger partial charge is 0.399 e. The molecule has 1 aliphatic heterocycles. The van der Waals surface area contributed by atoms with Crippen LogP contribution in [0.3, 0.4) is 0 Å². The molecule has 5 heteroatoms. The molecule has 0 spiro atoms. The van der Waals surface area contributed by atoms with E-state index in [1.807, 2.05) is 18.2 Å². The SMILES string of the molecule is Nc1ccc2c(c1)N(C(=O)c1ccc(Cl)cn1)CCC2. The molecule has 102 valence electrons. The van der Waals surface area contributed by atoms with Gasteiger partial charge >= 0.3 is 0 Å². The van der Waals surface area contributed by atoms with Gasteiger partial charge in [-0.1, -0.05) is 17.7 Å². The zero-order valence-electron chi connectivity index (χ0n) is 10.8. The first-order chi connectivity index (χ1) is 9.65. The van der Waals surface area contributed by atoms with Gasteiger partial charge in [0.2, 0.25) is 0 Å². The maximum atomic E-state index is 12.6. The molecular formula is C15H14ClN3O. The van der Waals surface area contributed by atoms with Gasteiger partial charge in [-0.3, -0.25) is 4.79 Å². The minimum atomic E-state index is -0.117. The molecule has 0 radical (unpaired) electrons. The molecule has 1 aromatic heterocycles. The average Bonchev–Trinajstić information content (AvgIpc) is 2.46. The highest BCUT2D eigenvalue weighted by molar-refractivity contribution is 6.30. The number of carbonyl (C=O) groups is 1. The number of aromatic nitrogens is 1. The van der Waals surface area contributed by atoms with Crippen molar-refractivity contribution in [3.05, 3.63) is 52.8 Å². The number of carbonyl (C=O) groups excluding carboxylic acids is 1. The molecule has 1 aliphatic rings. The van der Waals surface area contributed by atoms with E-state index >= 15 is 0 Å². The van der Waals surface area contributed by atoms with Crippen LogP contribution in [0.1, 0.15) is 22.5 Å². The quantitative estimate of drug-likeness (QED) is 0.821. The summed E-state index contributed by atoms with van der Waals surface area (Å²) >= 11 is 5.80. The predicted octanol–water partition coefficient (Wildman–Crippen LogP) is 2.91. The van der Waals surface area contributed by atoms with Crippen molar-refractivity contribution < 1.29 is 4.79 Å². The van der Waals surface area contributed by atoms with E-state index in [1.165, 1.54) is 6.20 Å². The summed E-state index contributed by atoms with van der Waals surface area (Å²) < 4.78 is 0. The molecule has 4 nitrogen and oxygen atoms in total. The molecule has 1 aromatic carbocycles. The van der Waals surface area contributed by atoms with E-state index in [9.17, 15) is 4.79 Å². The van der Waals surface area contributed by atoms with E-state index < -0.39 is 0 Å². The number of nitrogen functional groups attached to an aromatic ring is 1. The Hall–Kier alpha value is -2.07. The van der Waals surface area contributed by atoms with Gasteiger partial charge in [-0.2, -0.15) is 0 Å². The number of nitrogens with two attached hydrogens (primary N) is 1. The zero-order chi connectivity index (χ0) is 14.1. The van der Waals surface area contributed by atoms with Crippen LogP contribution in [0.5, 0.6) is 0 Å². The smallest absolute Gasteiger partial charge is 0.276 e. The van der Waals surface area contributed by atoms with Gasteiger partial charge in [-0.15, -0.1) is 0 Å². The third kappa shape index (κ3) is 2.34. The normalized spacial score (nSPS) is 13.9. The number of hydrogen-bond acceptors (Lipinski definition) is 3. The molecule has 1 amide bonds. The third-order valence-electron chi connectivity index (χ3n) is 3.42. The second-order valence-electron chi connectivity index (χ2n) is 4.81. The lowest BCUT2D eigenvalue weighted by Crippen LogP contribution is -2.36. The number of amides is 1. The number of aryl methyl sites for hydroxylation is 1. The highest BCUT2D eigenvalue weighted by Crippen LogP contribution is 2.30. The number of anilines is 2. The van der Waals surface area contributed by atoms with Gasteiger partial charge in [0.05, 0.1) is 5.02 Å². The van der Waals surface area contributed by atoms with Crippen molar-refractivity contribution in [1.29, 1.82) is 0 Å². The lowest BCUT2D eigenvalue weighted by Gasteiger charge is -2.29. The molecule has 3 rings (SSSR count). The number of pyridine rings is 1. The first-order valence-electron chi connectivity index (χ1n) is 6.47. The molecule has 0 saturated carbocycles. The van der Waals surface area contributed by atoms with Gasteiger partial charge in [0.25, 0.3) is 5.91 Å². The molecule has 2 N–H and O–H groups in total. The number of benzene rings is 1. The molecule has 0 bridgehead atoms. The molecule has 0 aliphatic carbocycles. The fourth-order valence-electron chi connectivity index (χ4n) is 2.44. The molecule has 0 unspecified atom stereocenters. The number of rotatable bonds is 1. The number of fused-ring (bicyclic) bond motifs is 1. The summed E-state index contributed by atoms with van der Waals surface area (Å²) in [5.74, 6) is -0.117. The summed E-state index contributed by atoms with van der Waals surface area (Å²) in [6.07, 6.45) is 3.39. The molecule has 0 fully saturated rings. The Morgan fingerprint density at radius 1 is 1.30 bits per heavy atom. The van der Waals surface area contributed by atoms with E-state index in [2.05, 4.69) is 4.98 Å². The molecular weight excluding hydrogens is 274 g/mol. The Balaban J connectivity index is 1.97. The Labute approximate surface area is 122 Å². The third-order valence-corrected chi connectivity index (χ3v) is 3.64. The highest BCUT2D eigenvalue weighted by Gasteiger charge is 2.24. The Bertz CT molecular complexity index is 655. The average molecular weight is 288 g/mol. The maximum Gasteiger partial charge on any atom is 0.276 e. The van der Waals surface area contributed by atoms with Crippen LogP contribution in [-0.4, -0.2) is 17.4 Å². The molecule has 2 aromatic rings. The Morgan fingerprint density at radius 3 is 2.90 bits per heavy atom. The Morgan fingerprint density at radius 2 is 2.15 bits per heavy atom. The van der Waals surface area contributed by atoms with Gasteiger partial charge in [0, 0.05) is 24.1 Å². The monoisotopic (exact) mass is 287 g/mol. The molecule has 2 heterocycles. The summed E-state index contributed by atoms with van der Waals surface area (Å²) in [5, 5.41) is 0.518. The van der Waals surface area contributed by atoms with Crippen LogP contribution in [0.25, 0.3) is 0 Å². The van der Waals surface area contributed by atoms with Crippen LogP contribution in [0, 0.1) is 0 Å². The number of halogens is 1. The van der Waals surface area contributed by atoms with Crippen molar-refractivity contribution in [2.45, 2.75) is 12.8 Å². The number of hydrogen-bond donors (Lipinski definition) is 1. The van der Waals surface area contributed by atoms with Crippen molar-refractivity contribution in [3.63, 3.8) is 0 Å². The van der Waals surface area contributed by atoms with Gasteiger partial charge in [0.15, 0.2) is 0 Å². The summed E-state index contributed by atoms with van der Waals surface area (Å²) in [7, 11) is 0. The van der Waals surface area contributed by atoms with E-state index in [0.29, 0.717) is 22.9 Å². The summed E-state index contributed by atoms with van der Waals surface area (Å²) in [6.45, 7) is 0.680. The Kier molecular flexibility index (Phi) is 3.32. The highest BCUT2D eigenvalue weighted by atomic mass is 35.5. The molecule has 0 atom stereocenters. The first kappa shape index (κ1) is 12.9. The van der Waals surface area contributed by atoms with Gasteiger partial charge in [-0.05, 0) is 42.7 Å². The van der Waals surface area contributed by atoms with Crippen LogP contribution in [0.4, 0.5) is 11.4 Å². The van der Waals surface area contributed by atoms with Crippen LogP contribution in [-0.2, 0) is 6.42 Å². The van der Waals surface area contributed by atoms with E-state index in [0.717, 1.165) is 24.1 Å². The second kappa shape index (κ2) is 5.13. The van der Waals surface area contributed by atoms with Gasteiger partial charge < -0.3 is 10.6 Å². The van der Waals surface area contributed by atoms with Crippen molar-refractivity contribution in [3.8, 4) is 0 Å². The topological polar surface area (TPSA) is 59.2 Å². The van der Waals surface area contributed by atoms with Crippen molar-refractivity contribution in [2.24, 2.45) is 0 Å². The second-order valence-corrected chi connectivity index (χ2v) is 5.25. The van der Waals surface area contributed by atoms with Crippen LogP contribution in [0.15, 0.2) is 36.5 Å². The van der Waals surface area contributed by atoms with Crippen LogP contribution >= 0.6 is 11.6 Å². The maximum absolute atomic E-state index is 12.6. The standard InChI is InChI=1S/C15H14ClN3O/c16-11-4-6-13(18-9-11)15(20)19-7-1-2-10-3-5-12(17)8-14(10)19/h3-6,8-9H,1-2,7,17H2. The summed E-state index contributed by atoms with van der Waals surface area (Å²) in [4.78, 5) is 18.4. The summed E-state index contributed by atoms with van der Waals surface area (Å²) in [5.41, 5.74) is 8.92. The predicted molar refractivity (Wildman–Crippen MR) is 80.1 cm³/mol. The van der Waals surface area contributed by atoms with Crippen molar-refractivity contribution in [2.75, 3.05) is 17.2 Å². The van der Waals surface area contributed by atoms with Crippen molar-refractivity contribution in [1.82, 2.24) is 4.98 Å². The fraction of sp³-hybridized carbons (Fsp3) is 0.200. The van der Waals surface area contributed by atoms with Crippen LogP contribution in [0.2, 0.25) is 5.02 Å². The minimum Gasteiger partial charge on any atom is -0.399 e. The fourth-order valence-corrected chi connectivity index (χ4v) is 2.55. The zero-order valence-corrected chi connectivity index (χ0v) is 11.6. The van der Waals surface area contributed by atoms with Crippen molar-refractivity contribution >= 4 is 28.9 Å². The van der Waals surface area contributed by atoms with E-state index in [-0.39, 0.29) is 5.91 Å². The van der Waals surface area contributed by atoms with Gasteiger partial charge in [0.1, 0.15) is 5.69 Å². The first-order valence-corrected chi connectivity index (χ1v) is 6.85. The van der Waals surface area contributed by atoms with E-state index in [1.54, 1.807) is 17.0 Å². The number of nitrogens with zero attached hydrogens (tertiary/aromatic N) is 2. The van der Waals surface area contributed by atoms with Crippen LogP contribution < -0.4 is 10.6 Å². The lowest BCUT2D eigenvalue weighted by molar-refractivity contribution is 0.0980. The minimum absolute atomic E-state index is 0.117. The van der Waals surface area contributed by atoms with Gasteiger partial charge in [-0.25, -0.2) is 4.98 Å². The molecule has 20 heavy (non-hydrogen) atoms. The summed E-state index contributed by atoms with van der Waals surface area (Å²) in [6, 6.07) is 9.02. The van der Waals surface area contributed by atoms with E-state index in [4.69, 9.17) is 17.3 Å². The lowest BCUT2D eigenvalue weighted by atomic mass is 10.0.